The number of aryl methyl sites for hydroxylation is 1. The molecule has 4 nitrogen and oxygen atoms in total. The van der Waals surface area contributed by atoms with Crippen LogP contribution in [0, 0.1) is 0 Å². The highest BCUT2D eigenvalue weighted by Gasteiger charge is 2.05. The highest BCUT2D eigenvalue weighted by Crippen LogP contribution is 2.08. The van der Waals surface area contributed by atoms with Crippen molar-refractivity contribution in [2.45, 2.75) is 13.0 Å². The van der Waals surface area contributed by atoms with Crippen molar-refractivity contribution >= 4 is 17.2 Å². The second kappa shape index (κ2) is 6.86. The van der Waals surface area contributed by atoms with Crippen molar-refractivity contribution in [2.75, 3.05) is 6.61 Å². The van der Waals surface area contributed by atoms with Crippen LogP contribution in [-0.4, -0.2) is 16.2 Å². The summed E-state index contributed by atoms with van der Waals surface area (Å²) in [5, 5.41) is 0. The lowest BCUT2D eigenvalue weighted by Crippen LogP contribution is -2.28. The van der Waals surface area contributed by atoms with E-state index in [0.29, 0.717) is 18.7 Å². The van der Waals surface area contributed by atoms with Gasteiger partial charge < -0.3 is 15.0 Å². The van der Waals surface area contributed by atoms with E-state index in [9.17, 15) is 4.79 Å². The van der Waals surface area contributed by atoms with Crippen LogP contribution in [0.3, 0.4) is 0 Å². The number of thiocarbonyl (C=S) groups is 1. The average molecular weight is 288 g/mol. The number of aromatic nitrogens is 1. The normalized spacial score (nSPS) is 10.2. The first-order valence-corrected chi connectivity index (χ1v) is 6.76. The van der Waals surface area contributed by atoms with Crippen LogP contribution in [0.2, 0.25) is 0 Å². The third-order valence-corrected chi connectivity index (χ3v) is 3.06. The fourth-order valence-electron chi connectivity index (χ4n) is 1.84. The quantitative estimate of drug-likeness (QED) is 0.652. The zero-order chi connectivity index (χ0) is 14.4. The Morgan fingerprint density at radius 1 is 1.20 bits per heavy atom. The van der Waals surface area contributed by atoms with Crippen LogP contribution < -0.4 is 16.0 Å². The molecule has 2 aromatic rings. The van der Waals surface area contributed by atoms with Gasteiger partial charge in [0.15, 0.2) is 0 Å². The van der Waals surface area contributed by atoms with Crippen molar-refractivity contribution in [2.24, 2.45) is 5.73 Å². The van der Waals surface area contributed by atoms with Gasteiger partial charge in [0.05, 0.1) is 12.2 Å². The largest absolute Gasteiger partial charge is 0.494 e. The molecule has 1 aromatic heterocycles. The van der Waals surface area contributed by atoms with Crippen LogP contribution in [0.25, 0.3) is 0 Å². The third kappa shape index (κ3) is 3.68. The Balaban J connectivity index is 1.90. The smallest absolute Gasteiger partial charge is 0.260 e. The molecule has 0 saturated heterocycles. The Kier molecular flexibility index (Phi) is 4.90. The molecule has 1 aromatic carbocycles. The van der Waals surface area contributed by atoms with E-state index in [0.717, 1.165) is 12.2 Å². The van der Waals surface area contributed by atoms with Gasteiger partial charge in [-0.05, 0) is 30.7 Å². The highest BCUT2D eigenvalue weighted by molar-refractivity contribution is 7.80. The molecule has 104 valence electrons. The third-order valence-electron chi connectivity index (χ3n) is 2.84. The standard InChI is InChI=1S/C15H16N2O2S/c16-14(20)13-8-4-9-17(15(13)18)10-5-11-19-12-6-2-1-3-7-12/h1-4,6-9H,5,10-11H2,(H2,16,20). The SMILES string of the molecule is NC(=S)c1cccn(CCCOc2ccccc2)c1=O. The number of benzene rings is 1. The summed E-state index contributed by atoms with van der Waals surface area (Å²) in [5.41, 5.74) is 5.74. The molecule has 0 bridgehead atoms. The number of hydrogen-bond donors (Lipinski definition) is 1. The summed E-state index contributed by atoms with van der Waals surface area (Å²) < 4.78 is 7.18. The molecular formula is C15H16N2O2S. The molecule has 0 saturated carbocycles. The van der Waals surface area contributed by atoms with Crippen molar-refractivity contribution in [3.63, 3.8) is 0 Å². The Morgan fingerprint density at radius 2 is 1.95 bits per heavy atom. The fourth-order valence-corrected chi connectivity index (χ4v) is 2.00. The lowest BCUT2D eigenvalue weighted by Gasteiger charge is -2.08. The predicted octanol–water partition coefficient (Wildman–Crippen LogP) is 1.95. The Hall–Kier alpha value is -2.14. The summed E-state index contributed by atoms with van der Waals surface area (Å²) in [7, 11) is 0. The Labute approximate surface area is 122 Å². The lowest BCUT2D eigenvalue weighted by atomic mass is 10.2. The van der Waals surface area contributed by atoms with Gasteiger partial charge in [0.2, 0.25) is 0 Å². The molecule has 0 unspecified atom stereocenters. The molecule has 0 amide bonds. The molecule has 0 aliphatic carbocycles. The number of para-hydroxylation sites is 1. The van der Waals surface area contributed by atoms with Crippen LogP contribution in [-0.2, 0) is 6.54 Å². The number of rotatable bonds is 6. The van der Waals surface area contributed by atoms with E-state index in [-0.39, 0.29) is 10.5 Å². The van der Waals surface area contributed by atoms with Crippen molar-refractivity contribution in [3.8, 4) is 5.75 Å². The molecule has 0 atom stereocenters. The molecular weight excluding hydrogens is 272 g/mol. The van der Waals surface area contributed by atoms with Gasteiger partial charge in [-0.15, -0.1) is 0 Å². The first-order chi connectivity index (χ1) is 9.68. The Bertz CT molecular complexity index is 638. The van der Waals surface area contributed by atoms with Gasteiger partial charge in [-0.2, -0.15) is 0 Å². The van der Waals surface area contributed by atoms with Gasteiger partial charge in [-0.1, -0.05) is 30.4 Å². The molecule has 2 rings (SSSR count). The molecule has 5 heteroatoms. The van der Waals surface area contributed by atoms with E-state index in [2.05, 4.69) is 0 Å². The summed E-state index contributed by atoms with van der Waals surface area (Å²) >= 11 is 4.85. The Morgan fingerprint density at radius 3 is 2.65 bits per heavy atom. The molecule has 0 aliphatic heterocycles. The van der Waals surface area contributed by atoms with Crippen LogP contribution >= 0.6 is 12.2 Å². The van der Waals surface area contributed by atoms with Gasteiger partial charge in [0.1, 0.15) is 10.7 Å². The summed E-state index contributed by atoms with van der Waals surface area (Å²) in [6.45, 7) is 1.12. The monoisotopic (exact) mass is 288 g/mol. The number of nitrogens with two attached hydrogens (primary N) is 1. The van der Waals surface area contributed by atoms with E-state index in [1.807, 2.05) is 30.3 Å². The number of nitrogens with zero attached hydrogens (tertiary/aromatic N) is 1. The van der Waals surface area contributed by atoms with E-state index in [4.69, 9.17) is 22.7 Å². The van der Waals surface area contributed by atoms with Crippen LogP contribution in [0.15, 0.2) is 53.5 Å². The summed E-state index contributed by atoms with van der Waals surface area (Å²) in [4.78, 5) is 12.2. The molecule has 0 radical (unpaired) electrons. The predicted molar refractivity (Wildman–Crippen MR) is 83.1 cm³/mol. The number of pyridine rings is 1. The van der Waals surface area contributed by atoms with Crippen molar-refractivity contribution < 1.29 is 4.74 Å². The highest BCUT2D eigenvalue weighted by atomic mass is 32.1. The summed E-state index contributed by atoms with van der Waals surface area (Å²) in [5.74, 6) is 0.830. The van der Waals surface area contributed by atoms with Crippen LogP contribution in [0.4, 0.5) is 0 Å². The maximum absolute atomic E-state index is 12.0. The van der Waals surface area contributed by atoms with E-state index in [1.54, 1.807) is 22.9 Å². The molecule has 0 fully saturated rings. The minimum absolute atomic E-state index is 0.130. The van der Waals surface area contributed by atoms with Gasteiger partial charge in [-0.25, -0.2) is 0 Å². The summed E-state index contributed by atoms with van der Waals surface area (Å²) in [6.07, 6.45) is 2.46. The maximum atomic E-state index is 12.0. The van der Waals surface area contributed by atoms with Gasteiger partial charge in [0, 0.05) is 12.7 Å². The minimum Gasteiger partial charge on any atom is -0.494 e. The molecule has 0 spiro atoms. The first kappa shape index (κ1) is 14.3. The van der Waals surface area contributed by atoms with E-state index >= 15 is 0 Å². The first-order valence-electron chi connectivity index (χ1n) is 6.35. The van der Waals surface area contributed by atoms with Crippen LogP contribution in [0.1, 0.15) is 12.0 Å². The minimum atomic E-state index is -0.153. The molecule has 0 aliphatic rings. The molecule has 2 N–H and O–H groups in total. The van der Waals surface area contributed by atoms with Gasteiger partial charge >= 0.3 is 0 Å². The van der Waals surface area contributed by atoms with Gasteiger partial charge in [-0.3, -0.25) is 4.79 Å². The zero-order valence-electron chi connectivity index (χ0n) is 11.0. The van der Waals surface area contributed by atoms with Crippen molar-refractivity contribution in [3.05, 3.63) is 64.6 Å². The van der Waals surface area contributed by atoms with Crippen molar-refractivity contribution in [1.29, 1.82) is 0 Å². The van der Waals surface area contributed by atoms with E-state index in [1.165, 1.54) is 0 Å². The zero-order valence-corrected chi connectivity index (χ0v) is 11.8. The van der Waals surface area contributed by atoms with Gasteiger partial charge in [0.25, 0.3) is 5.56 Å². The fraction of sp³-hybridized carbons (Fsp3) is 0.200. The lowest BCUT2D eigenvalue weighted by molar-refractivity contribution is 0.301. The van der Waals surface area contributed by atoms with E-state index < -0.39 is 0 Å². The maximum Gasteiger partial charge on any atom is 0.260 e. The topological polar surface area (TPSA) is 57.2 Å². The van der Waals surface area contributed by atoms with Crippen molar-refractivity contribution in [1.82, 2.24) is 4.57 Å². The number of ether oxygens (including phenoxy) is 1. The average Bonchev–Trinajstić information content (AvgIpc) is 2.46. The second-order valence-corrected chi connectivity index (χ2v) is 4.74. The number of hydrogen-bond acceptors (Lipinski definition) is 3. The molecule has 20 heavy (non-hydrogen) atoms. The van der Waals surface area contributed by atoms with Crippen LogP contribution in [0.5, 0.6) is 5.75 Å². The summed E-state index contributed by atoms with van der Waals surface area (Å²) in [6, 6.07) is 13.0. The molecule has 1 heterocycles. The second-order valence-electron chi connectivity index (χ2n) is 4.30.